The second-order valence-electron chi connectivity index (χ2n) is 5.65. The fourth-order valence-corrected chi connectivity index (χ4v) is 4.56. The lowest BCUT2D eigenvalue weighted by Crippen LogP contribution is -2.28. The van der Waals surface area contributed by atoms with Crippen LogP contribution >= 0.6 is 35.2 Å². The number of pyridine rings is 1. The first-order valence-electron chi connectivity index (χ1n) is 7.68. The standard InChI is InChI=1S/C18H14ClN3OS2/c19-15-9-8-14(25-15)17-16(13-3-1-2-10-20-13)21-18(24)22(17)11-4-6-12(23)7-5-11/h1-10,16-17,23H,(H,21,24)/t16-,17-/m1/s1. The van der Waals surface area contributed by atoms with E-state index >= 15 is 0 Å². The third kappa shape index (κ3) is 3.08. The van der Waals surface area contributed by atoms with E-state index in [0.717, 1.165) is 20.6 Å². The predicted octanol–water partition coefficient (Wildman–Crippen LogP) is 4.68. The van der Waals surface area contributed by atoms with Gasteiger partial charge in [-0.25, -0.2) is 0 Å². The molecule has 0 aliphatic carbocycles. The van der Waals surface area contributed by atoms with E-state index in [1.165, 1.54) is 11.3 Å². The van der Waals surface area contributed by atoms with Crippen LogP contribution in [-0.2, 0) is 0 Å². The lowest BCUT2D eigenvalue weighted by atomic mass is 10.0. The molecule has 0 unspecified atom stereocenters. The van der Waals surface area contributed by atoms with Crippen LogP contribution in [0.3, 0.4) is 0 Å². The number of rotatable bonds is 3. The average Bonchev–Trinajstić information content (AvgIpc) is 3.20. The Labute approximate surface area is 159 Å². The van der Waals surface area contributed by atoms with E-state index in [0.29, 0.717) is 5.11 Å². The highest BCUT2D eigenvalue weighted by molar-refractivity contribution is 7.80. The highest BCUT2D eigenvalue weighted by Gasteiger charge is 2.41. The van der Waals surface area contributed by atoms with Crippen LogP contribution in [0, 0.1) is 0 Å². The Morgan fingerprint density at radius 2 is 1.92 bits per heavy atom. The summed E-state index contributed by atoms with van der Waals surface area (Å²) >= 11 is 13.3. The smallest absolute Gasteiger partial charge is 0.174 e. The second-order valence-corrected chi connectivity index (χ2v) is 7.79. The van der Waals surface area contributed by atoms with Gasteiger partial charge in [0.1, 0.15) is 5.75 Å². The molecule has 0 radical (unpaired) electrons. The van der Waals surface area contributed by atoms with Crippen LogP contribution in [0.1, 0.15) is 22.7 Å². The molecule has 2 N–H and O–H groups in total. The third-order valence-electron chi connectivity index (χ3n) is 4.11. The second kappa shape index (κ2) is 6.63. The molecule has 0 spiro atoms. The Bertz CT molecular complexity index is 898. The number of aromatic hydroxyl groups is 1. The van der Waals surface area contributed by atoms with Crippen molar-refractivity contribution in [3.8, 4) is 5.75 Å². The van der Waals surface area contributed by atoms with Gasteiger partial charge in [0.2, 0.25) is 0 Å². The molecule has 1 aliphatic rings. The normalized spacial score (nSPS) is 19.9. The minimum absolute atomic E-state index is 0.0653. The Hall–Kier alpha value is -2.15. The van der Waals surface area contributed by atoms with Crippen molar-refractivity contribution in [1.82, 2.24) is 10.3 Å². The molecule has 25 heavy (non-hydrogen) atoms. The highest BCUT2D eigenvalue weighted by atomic mass is 35.5. The Kier molecular flexibility index (Phi) is 4.33. The molecule has 0 amide bonds. The average molecular weight is 388 g/mol. The minimum Gasteiger partial charge on any atom is -0.508 e. The number of phenolic OH excluding ortho intramolecular Hbond substituents is 1. The van der Waals surface area contributed by atoms with Gasteiger partial charge in [0.15, 0.2) is 5.11 Å². The zero-order valence-corrected chi connectivity index (χ0v) is 15.4. The fraction of sp³-hybridized carbons (Fsp3) is 0.111. The maximum Gasteiger partial charge on any atom is 0.174 e. The molecule has 1 fully saturated rings. The van der Waals surface area contributed by atoms with Crippen molar-refractivity contribution in [1.29, 1.82) is 0 Å². The topological polar surface area (TPSA) is 48.4 Å². The van der Waals surface area contributed by atoms with Crippen LogP contribution in [0.25, 0.3) is 0 Å². The van der Waals surface area contributed by atoms with Gasteiger partial charge >= 0.3 is 0 Å². The number of hydrogen-bond acceptors (Lipinski definition) is 4. The molecule has 126 valence electrons. The van der Waals surface area contributed by atoms with Gasteiger partial charge in [-0.05, 0) is 60.7 Å². The number of thiophene rings is 1. The molecule has 4 nitrogen and oxygen atoms in total. The van der Waals surface area contributed by atoms with Gasteiger partial charge in [0.25, 0.3) is 0 Å². The Morgan fingerprint density at radius 3 is 2.56 bits per heavy atom. The maximum atomic E-state index is 9.59. The number of thiocarbonyl (C=S) groups is 1. The Balaban J connectivity index is 1.81. The van der Waals surface area contributed by atoms with Crippen LogP contribution in [0.4, 0.5) is 5.69 Å². The van der Waals surface area contributed by atoms with Crippen molar-refractivity contribution in [3.05, 3.63) is 75.7 Å². The molecule has 7 heteroatoms. The van der Waals surface area contributed by atoms with E-state index in [1.54, 1.807) is 18.3 Å². The summed E-state index contributed by atoms with van der Waals surface area (Å²) in [5.41, 5.74) is 1.82. The number of aromatic nitrogens is 1. The first-order valence-corrected chi connectivity index (χ1v) is 9.28. The van der Waals surface area contributed by atoms with E-state index in [9.17, 15) is 5.11 Å². The van der Waals surface area contributed by atoms with Gasteiger partial charge in [-0.2, -0.15) is 0 Å². The molecule has 3 aromatic rings. The summed E-state index contributed by atoms with van der Waals surface area (Å²) in [6.07, 6.45) is 1.78. The largest absolute Gasteiger partial charge is 0.508 e. The predicted molar refractivity (Wildman–Crippen MR) is 105 cm³/mol. The molecular weight excluding hydrogens is 374 g/mol. The molecule has 0 bridgehead atoms. The molecule has 2 atom stereocenters. The summed E-state index contributed by atoms with van der Waals surface area (Å²) in [5.74, 6) is 0.221. The number of hydrogen-bond donors (Lipinski definition) is 2. The lowest BCUT2D eigenvalue weighted by molar-refractivity contribution is 0.475. The van der Waals surface area contributed by atoms with Crippen molar-refractivity contribution in [2.75, 3.05) is 4.90 Å². The van der Waals surface area contributed by atoms with Gasteiger partial charge < -0.3 is 15.3 Å². The fourth-order valence-electron chi connectivity index (χ4n) is 3.02. The van der Waals surface area contributed by atoms with Crippen LogP contribution in [0.2, 0.25) is 4.34 Å². The molecule has 1 aromatic carbocycles. The van der Waals surface area contributed by atoms with Gasteiger partial charge in [-0.3, -0.25) is 4.98 Å². The molecule has 3 heterocycles. The minimum atomic E-state index is -0.0859. The monoisotopic (exact) mass is 387 g/mol. The molecule has 1 aliphatic heterocycles. The third-order valence-corrected chi connectivity index (χ3v) is 5.73. The van der Waals surface area contributed by atoms with E-state index in [4.69, 9.17) is 23.8 Å². The number of nitrogens with zero attached hydrogens (tertiary/aromatic N) is 2. The zero-order valence-electron chi connectivity index (χ0n) is 13.0. The van der Waals surface area contributed by atoms with E-state index in [2.05, 4.69) is 15.2 Å². The summed E-state index contributed by atoms with van der Waals surface area (Å²) in [7, 11) is 0. The van der Waals surface area contributed by atoms with Crippen molar-refractivity contribution >= 4 is 46.0 Å². The maximum absolute atomic E-state index is 9.59. The van der Waals surface area contributed by atoms with E-state index < -0.39 is 0 Å². The summed E-state index contributed by atoms with van der Waals surface area (Å²) in [6, 6.07) is 16.6. The summed E-state index contributed by atoms with van der Waals surface area (Å²) in [6.45, 7) is 0. The summed E-state index contributed by atoms with van der Waals surface area (Å²) < 4.78 is 0.734. The quantitative estimate of drug-likeness (QED) is 0.639. The molecule has 2 aromatic heterocycles. The molecule has 4 rings (SSSR count). The first kappa shape index (κ1) is 16.3. The number of phenols is 1. The van der Waals surface area contributed by atoms with Crippen LogP contribution < -0.4 is 10.2 Å². The van der Waals surface area contributed by atoms with Crippen LogP contribution in [0.5, 0.6) is 5.75 Å². The molecule has 0 saturated carbocycles. The van der Waals surface area contributed by atoms with Gasteiger partial charge in [-0.15, -0.1) is 11.3 Å². The van der Waals surface area contributed by atoms with Crippen LogP contribution in [0.15, 0.2) is 60.8 Å². The SMILES string of the molecule is Oc1ccc(N2C(=S)N[C@H](c3ccccn3)[C@H]2c2ccc(Cl)s2)cc1. The lowest BCUT2D eigenvalue weighted by Gasteiger charge is -2.26. The number of benzene rings is 1. The highest BCUT2D eigenvalue weighted by Crippen LogP contribution is 2.44. The van der Waals surface area contributed by atoms with Crippen molar-refractivity contribution in [2.24, 2.45) is 0 Å². The number of halogens is 1. The Morgan fingerprint density at radius 1 is 1.12 bits per heavy atom. The van der Waals surface area contributed by atoms with Crippen LogP contribution in [-0.4, -0.2) is 15.2 Å². The molecular formula is C18H14ClN3OS2. The molecule has 1 saturated heterocycles. The van der Waals surface area contributed by atoms with Gasteiger partial charge in [-0.1, -0.05) is 17.7 Å². The number of anilines is 1. The number of nitrogens with one attached hydrogen (secondary N) is 1. The summed E-state index contributed by atoms with van der Waals surface area (Å²) in [5, 5.41) is 13.6. The van der Waals surface area contributed by atoms with Crippen molar-refractivity contribution in [3.63, 3.8) is 0 Å². The first-order chi connectivity index (χ1) is 12.1. The zero-order chi connectivity index (χ0) is 17.4. The van der Waals surface area contributed by atoms with Gasteiger partial charge in [0, 0.05) is 16.8 Å². The van der Waals surface area contributed by atoms with E-state index in [-0.39, 0.29) is 17.8 Å². The summed E-state index contributed by atoms with van der Waals surface area (Å²) in [4.78, 5) is 7.65. The van der Waals surface area contributed by atoms with Crippen molar-refractivity contribution < 1.29 is 5.11 Å². The van der Waals surface area contributed by atoms with Crippen molar-refractivity contribution in [2.45, 2.75) is 12.1 Å². The van der Waals surface area contributed by atoms with E-state index in [1.807, 2.05) is 42.5 Å². The van der Waals surface area contributed by atoms with Gasteiger partial charge in [0.05, 0.1) is 22.1 Å².